The van der Waals surface area contributed by atoms with E-state index in [1.807, 2.05) is 47.3 Å². The summed E-state index contributed by atoms with van der Waals surface area (Å²) in [4.78, 5) is 0. The van der Waals surface area contributed by atoms with Crippen molar-refractivity contribution in [1.82, 2.24) is 9.78 Å². The van der Waals surface area contributed by atoms with Crippen LogP contribution in [-0.2, 0) is 0 Å². The summed E-state index contributed by atoms with van der Waals surface area (Å²) in [5.41, 5.74) is 2.00. The van der Waals surface area contributed by atoms with Crippen LogP contribution in [0.2, 0.25) is 0 Å². The normalized spacial score (nSPS) is 11.2. The molecule has 5 aromatic rings. The molecule has 4 heteroatoms. The fourth-order valence-electron chi connectivity index (χ4n) is 3.78. The van der Waals surface area contributed by atoms with E-state index in [0.29, 0.717) is 0 Å². The number of benzene rings is 4. The van der Waals surface area contributed by atoms with Crippen LogP contribution in [0.1, 0.15) is 0 Å². The van der Waals surface area contributed by atoms with Crippen molar-refractivity contribution >= 4 is 28.7 Å². The lowest BCUT2D eigenvalue weighted by molar-refractivity contribution is 0.881. The highest BCUT2D eigenvalue weighted by Crippen LogP contribution is 2.49. The van der Waals surface area contributed by atoms with Gasteiger partial charge in [-0.25, -0.2) is 4.68 Å². The summed E-state index contributed by atoms with van der Waals surface area (Å²) in [5, 5.41) is 8.26. The maximum Gasteiger partial charge on any atom is 0.0645 e. The SMILES string of the molecule is c1ccc(N=P(c2ccccc2)(c2ccccc2)c2cnn(-c3ccccc3)c2)cc1. The number of para-hydroxylation sites is 1. The molecule has 0 bridgehead atoms. The van der Waals surface area contributed by atoms with Gasteiger partial charge in [0.05, 0.1) is 24.6 Å². The molecule has 0 spiro atoms. The average Bonchev–Trinajstić information content (AvgIpc) is 3.36. The number of rotatable bonds is 5. The summed E-state index contributed by atoms with van der Waals surface area (Å²) in [6.45, 7) is 0. The van der Waals surface area contributed by atoms with E-state index in [0.717, 1.165) is 16.7 Å². The van der Waals surface area contributed by atoms with Crippen LogP contribution in [0.25, 0.3) is 5.69 Å². The molecule has 0 N–H and O–H groups in total. The zero-order valence-corrected chi connectivity index (χ0v) is 17.9. The van der Waals surface area contributed by atoms with Gasteiger partial charge in [0.25, 0.3) is 0 Å². The third kappa shape index (κ3) is 3.76. The van der Waals surface area contributed by atoms with Crippen LogP contribution in [0.3, 0.4) is 0 Å². The number of hydrogen-bond acceptors (Lipinski definition) is 2. The Balaban J connectivity index is 1.83. The molecule has 0 aliphatic carbocycles. The van der Waals surface area contributed by atoms with E-state index in [1.54, 1.807) is 0 Å². The third-order valence-corrected chi connectivity index (χ3v) is 8.84. The molecule has 0 radical (unpaired) electrons. The van der Waals surface area contributed by atoms with Crippen LogP contribution in [0, 0.1) is 0 Å². The smallest absolute Gasteiger partial charge is 0.0645 e. The van der Waals surface area contributed by atoms with Gasteiger partial charge in [-0.15, -0.1) is 0 Å². The highest BCUT2D eigenvalue weighted by Gasteiger charge is 2.29. The van der Waals surface area contributed by atoms with Crippen LogP contribution < -0.4 is 15.9 Å². The van der Waals surface area contributed by atoms with E-state index in [-0.39, 0.29) is 0 Å². The predicted molar refractivity (Wildman–Crippen MR) is 131 cm³/mol. The number of aromatic nitrogens is 2. The van der Waals surface area contributed by atoms with Gasteiger partial charge in [-0.1, -0.05) is 97.1 Å². The summed E-state index contributed by atoms with van der Waals surface area (Å²) < 4.78 is 7.41. The Morgan fingerprint density at radius 3 is 1.58 bits per heavy atom. The fourth-order valence-corrected chi connectivity index (χ4v) is 7.20. The molecule has 0 unspecified atom stereocenters. The Labute approximate surface area is 182 Å². The highest BCUT2D eigenvalue weighted by molar-refractivity contribution is 7.87. The van der Waals surface area contributed by atoms with Gasteiger partial charge < -0.3 is 0 Å². The zero-order valence-electron chi connectivity index (χ0n) is 17.0. The lowest BCUT2D eigenvalue weighted by Crippen LogP contribution is -2.24. The van der Waals surface area contributed by atoms with Gasteiger partial charge in [0.2, 0.25) is 0 Å². The number of nitrogens with zero attached hydrogens (tertiary/aromatic N) is 3. The molecule has 4 aromatic carbocycles. The van der Waals surface area contributed by atoms with Crippen molar-refractivity contribution in [3.8, 4) is 5.69 Å². The Hall–Kier alpha value is -3.68. The van der Waals surface area contributed by atoms with Crippen LogP contribution >= 0.6 is 7.05 Å². The van der Waals surface area contributed by atoms with Crippen molar-refractivity contribution in [3.63, 3.8) is 0 Å². The van der Waals surface area contributed by atoms with Crippen LogP contribution in [0.4, 0.5) is 5.69 Å². The molecular weight excluding hydrogens is 397 g/mol. The Morgan fingerprint density at radius 1 is 0.548 bits per heavy atom. The van der Waals surface area contributed by atoms with Gasteiger partial charge in [-0.2, -0.15) is 5.10 Å². The summed E-state index contributed by atoms with van der Waals surface area (Å²) in [7, 11) is -2.33. The third-order valence-electron chi connectivity index (χ3n) is 5.24. The molecule has 31 heavy (non-hydrogen) atoms. The molecule has 0 amide bonds. The lowest BCUT2D eigenvalue weighted by Gasteiger charge is -2.25. The van der Waals surface area contributed by atoms with Crippen molar-refractivity contribution in [1.29, 1.82) is 0 Å². The first-order valence-corrected chi connectivity index (χ1v) is 12.0. The predicted octanol–water partition coefficient (Wildman–Crippen LogP) is 5.68. The Kier molecular flexibility index (Phi) is 5.35. The van der Waals surface area contributed by atoms with E-state index in [4.69, 9.17) is 9.84 Å². The van der Waals surface area contributed by atoms with Gasteiger partial charge in [0.1, 0.15) is 0 Å². The first-order valence-electron chi connectivity index (χ1n) is 10.3. The van der Waals surface area contributed by atoms with Gasteiger partial charge in [0, 0.05) is 22.1 Å². The van der Waals surface area contributed by atoms with Gasteiger partial charge in [-0.05, 0) is 24.3 Å². The van der Waals surface area contributed by atoms with Gasteiger partial charge in [-0.3, -0.25) is 4.74 Å². The van der Waals surface area contributed by atoms with E-state index in [1.165, 1.54) is 10.6 Å². The molecule has 150 valence electrons. The lowest BCUT2D eigenvalue weighted by atomic mass is 10.3. The minimum absolute atomic E-state index is 0.969. The quantitative estimate of drug-likeness (QED) is 0.337. The minimum atomic E-state index is -2.33. The van der Waals surface area contributed by atoms with Crippen molar-refractivity contribution in [2.45, 2.75) is 0 Å². The monoisotopic (exact) mass is 419 g/mol. The average molecular weight is 419 g/mol. The summed E-state index contributed by atoms with van der Waals surface area (Å²) in [6, 6.07) is 41.7. The molecule has 0 saturated carbocycles. The van der Waals surface area contributed by atoms with E-state index in [9.17, 15) is 0 Å². The first-order chi connectivity index (χ1) is 15.4. The molecule has 0 aliphatic rings. The molecule has 1 aromatic heterocycles. The molecule has 0 saturated heterocycles. The van der Waals surface area contributed by atoms with Gasteiger partial charge >= 0.3 is 0 Å². The standard InChI is InChI=1S/C27H22N3P/c1-5-13-23(14-6-1)29-31(25-17-9-3-10-18-25,26-19-11-4-12-20-26)27-21-28-30(22-27)24-15-7-2-8-16-24/h1-22H. The van der Waals surface area contributed by atoms with Crippen molar-refractivity contribution in [2.75, 3.05) is 0 Å². The highest BCUT2D eigenvalue weighted by atomic mass is 31.2. The van der Waals surface area contributed by atoms with E-state index < -0.39 is 7.05 Å². The first kappa shape index (κ1) is 19.3. The molecule has 0 fully saturated rings. The second-order valence-electron chi connectivity index (χ2n) is 7.22. The van der Waals surface area contributed by atoms with Crippen LogP contribution in [-0.4, -0.2) is 9.78 Å². The largest absolute Gasteiger partial charge is 0.254 e. The summed E-state index contributed by atoms with van der Waals surface area (Å²) >= 11 is 0. The fraction of sp³-hybridized carbons (Fsp3) is 0. The van der Waals surface area contributed by atoms with Crippen molar-refractivity contribution < 1.29 is 0 Å². The summed E-state index contributed by atoms with van der Waals surface area (Å²) in [6.07, 6.45) is 4.11. The number of hydrogen-bond donors (Lipinski definition) is 0. The molecular formula is C27H22N3P. The van der Waals surface area contributed by atoms with Crippen molar-refractivity contribution in [2.24, 2.45) is 4.74 Å². The topological polar surface area (TPSA) is 30.2 Å². The molecule has 5 rings (SSSR count). The Morgan fingerprint density at radius 2 is 1.03 bits per heavy atom. The van der Waals surface area contributed by atoms with Crippen LogP contribution in [0.15, 0.2) is 138 Å². The van der Waals surface area contributed by atoms with Crippen LogP contribution in [0.5, 0.6) is 0 Å². The molecule has 0 atom stereocenters. The maximum atomic E-state index is 5.47. The van der Waals surface area contributed by atoms with Gasteiger partial charge in [0.15, 0.2) is 0 Å². The van der Waals surface area contributed by atoms with Crippen molar-refractivity contribution in [3.05, 3.63) is 134 Å². The second kappa shape index (κ2) is 8.59. The molecule has 3 nitrogen and oxygen atoms in total. The molecule has 1 heterocycles. The van der Waals surface area contributed by atoms with E-state index >= 15 is 0 Å². The summed E-state index contributed by atoms with van der Waals surface area (Å²) in [5.74, 6) is 0. The van der Waals surface area contributed by atoms with E-state index in [2.05, 4.69) is 91.1 Å². The maximum absolute atomic E-state index is 5.47. The second-order valence-corrected chi connectivity index (χ2v) is 10.2. The Bertz CT molecular complexity index is 1270. The minimum Gasteiger partial charge on any atom is -0.254 e. The molecule has 0 aliphatic heterocycles. The zero-order chi connectivity index (χ0) is 20.9.